The lowest BCUT2D eigenvalue weighted by Gasteiger charge is -2.15. The normalized spacial score (nSPS) is 13.3. The number of allylic oxidation sites excluding steroid dienone is 11. The van der Waals surface area contributed by atoms with E-state index in [0.29, 0.717) is 38.6 Å². The third-order valence-corrected chi connectivity index (χ3v) is 9.74. The highest BCUT2D eigenvalue weighted by Gasteiger charge is 2.19. The quantitative estimate of drug-likeness (QED) is 0.0324. The molecule has 0 aliphatic heterocycles. The highest BCUT2D eigenvalue weighted by atomic mass is 16.5. The van der Waals surface area contributed by atoms with Gasteiger partial charge in [-0.1, -0.05) is 158 Å². The molecule has 2 unspecified atom stereocenters. The first-order valence-corrected chi connectivity index (χ1v) is 22.8. The van der Waals surface area contributed by atoms with Gasteiger partial charge in [-0.3, -0.25) is 9.59 Å². The summed E-state index contributed by atoms with van der Waals surface area (Å²) in [6, 6.07) is -0.880. The van der Waals surface area contributed by atoms with E-state index < -0.39 is 12.0 Å². The molecular weight excluding hydrogens is 697 g/mol. The van der Waals surface area contributed by atoms with Gasteiger partial charge < -0.3 is 20.9 Å². The molecule has 7 heteroatoms. The molecule has 0 fully saturated rings. The van der Waals surface area contributed by atoms with E-state index in [9.17, 15) is 19.5 Å². The summed E-state index contributed by atoms with van der Waals surface area (Å²) >= 11 is 0. The number of hydrogen-bond acceptors (Lipinski definition) is 5. The van der Waals surface area contributed by atoms with E-state index in [0.717, 1.165) is 70.6 Å². The SMILES string of the molecule is CC/C=C\C/C=C\C/C=C\C(CCCCCCC(=O)NC(CCCN)C(=O)O)OC(=O)CCCCCCCCCC/C=C\C/C=C\C/C=C\CCCCCCC. The number of rotatable bonds is 40. The maximum absolute atomic E-state index is 12.7. The second kappa shape index (κ2) is 42.9. The summed E-state index contributed by atoms with van der Waals surface area (Å²) in [6.45, 7) is 4.79. The summed E-state index contributed by atoms with van der Waals surface area (Å²) in [6.07, 6.45) is 55.5. The largest absolute Gasteiger partial charge is 0.480 e. The predicted molar refractivity (Wildman–Crippen MR) is 239 cm³/mol. The summed E-state index contributed by atoms with van der Waals surface area (Å²) < 4.78 is 5.90. The zero-order valence-corrected chi connectivity index (χ0v) is 36.0. The van der Waals surface area contributed by atoms with Gasteiger partial charge in [0.15, 0.2) is 0 Å². The Balaban J connectivity index is 4.20. The van der Waals surface area contributed by atoms with Crippen molar-refractivity contribution in [1.82, 2.24) is 5.32 Å². The monoisotopic (exact) mass is 781 g/mol. The van der Waals surface area contributed by atoms with Crippen LogP contribution in [0.2, 0.25) is 0 Å². The second-order valence-electron chi connectivity index (χ2n) is 15.1. The van der Waals surface area contributed by atoms with Gasteiger partial charge in [-0.2, -0.15) is 0 Å². The van der Waals surface area contributed by atoms with Crippen LogP contribution >= 0.6 is 0 Å². The van der Waals surface area contributed by atoms with E-state index in [2.05, 4.69) is 86.0 Å². The van der Waals surface area contributed by atoms with Gasteiger partial charge in [0.1, 0.15) is 12.1 Å². The number of ether oxygens (including phenoxy) is 1. The van der Waals surface area contributed by atoms with E-state index in [1.54, 1.807) is 0 Å². The predicted octanol–water partition coefficient (Wildman–Crippen LogP) is 13.1. The first-order valence-electron chi connectivity index (χ1n) is 22.8. The number of carboxylic acid groups (broad SMARTS) is 1. The summed E-state index contributed by atoms with van der Waals surface area (Å²) in [5, 5.41) is 11.9. The van der Waals surface area contributed by atoms with E-state index in [1.807, 2.05) is 6.08 Å². The van der Waals surface area contributed by atoms with Crippen LogP contribution in [0.4, 0.5) is 0 Å². The first-order chi connectivity index (χ1) is 27.4. The molecule has 0 aromatic rings. The standard InChI is InChI=1S/C49H84N2O5/c1-3-5-7-9-11-13-14-15-16-17-18-19-20-21-22-23-24-25-26-27-29-31-37-43-48(53)56-45(39-34-30-28-12-10-8-6-4-2)40-35-32-33-36-42-47(52)51-46(49(54)55)41-38-44-50/h6,8,12,14-15,17-18,20-21,28,34,39,45-46H,3-5,7,9-11,13,16,19,22-27,29-33,35-38,40-44,50H2,1-2H3,(H,51,52)(H,54,55)/b8-6-,15-14-,18-17-,21-20-,28-12-,39-34-. The van der Waals surface area contributed by atoms with Crippen LogP contribution in [0.5, 0.6) is 0 Å². The Hall–Kier alpha value is -3.19. The number of aliphatic carboxylic acids is 1. The second-order valence-corrected chi connectivity index (χ2v) is 15.1. The molecule has 0 aliphatic carbocycles. The molecule has 4 N–H and O–H groups in total. The van der Waals surface area contributed by atoms with Crippen LogP contribution in [0, 0.1) is 0 Å². The summed E-state index contributed by atoms with van der Waals surface area (Å²) in [5.74, 6) is -1.38. The fourth-order valence-electron chi connectivity index (χ4n) is 6.33. The van der Waals surface area contributed by atoms with Crippen molar-refractivity contribution in [2.45, 2.75) is 212 Å². The third-order valence-electron chi connectivity index (χ3n) is 9.74. The van der Waals surface area contributed by atoms with Gasteiger partial charge in [0.25, 0.3) is 0 Å². The number of carbonyl (C=O) groups excluding carboxylic acids is 2. The molecule has 0 aromatic heterocycles. The number of nitrogens with two attached hydrogens (primary N) is 1. The molecule has 0 bridgehead atoms. The first kappa shape index (κ1) is 52.8. The number of amides is 1. The molecule has 1 amide bonds. The number of esters is 1. The van der Waals surface area contributed by atoms with Gasteiger partial charge in [0.05, 0.1) is 0 Å². The molecule has 0 rings (SSSR count). The van der Waals surface area contributed by atoms with E-state index in [1.165, 1.54) is 83.5 Å². The van der Waals surface area contributed by atoms with Crippen molar-refractivity contribution >= 4 is 17.8 Å². The Kier molecular flexibility index (Phi) is 40.5. The Bertz CT molecular complexity index is 1110. The molecule has 56 heavy (non-hydrogen) atoms. The van der Waals surface area contributed by atoms with Crippen LogP contribution in [0.3, 0.4) is 0 Å². The minimum Gasteiger partial charge on any atom is -0.480 e. The highest BCUT2D eigenvalue weighted by Crippen LogP contribution is 2.15. The minimum absolute atomic E-state index is 0.122. The van der Waals surface area contributed by atoms with Gasteiger partial charge in [0, 0.05) is 12.8 Å². The van der Waals surface area contributed by atoms with Crippen LogP contribution in [0.1, 0.15) is 200 Å². The molecule has 0 radical (unpaired) electrons. The summed E-state index contributed by atoms with van der Waals surface area (Å²) in [5.41, 5.74) is 5.48. The summed E-state index contributed by atoms with van der Waals surface area (Å²) in [7, 11) is 0. The van der Waals surface area contributed by atoms with E-state index >= 15 is 0 Å². The third kappa shape index (κ3) is 39.1. The van der Waals surface area contributed by atoms with Crippen molar-refractivity contribution in [2.75, 3.05) is 6.54 Å². The molecule has 0 saturated carbocycles. The van der Waals surface area contributed by atoms with Crippen molar-refractivity contribution in [2.24, 2.45) is 5.73 Å². The molecule has 320 valence electrons. The lowest BCUT2D eigenvalue weighted by atomic mass is 10.1. The molecule has 0 aliphatic rings. The van der Waals surface area contributed by atoms with Gasteiger partial charge in [-0.05, 0) is 109 Å². The van der Waals surface area contributed by atoms with E-state index in [-0.39, 0.29) is 18.0 Å². The number of nitrogens with one attached hydrogen (secondary N) is 1. The number of hydrogen-bond donors (Lipinski definition) is 3. The lowest BCUT2D eigenvalue weighted by Crippen LogP contribution is -2.40. The average Bonchev–Trinajstić information content (AvgIpc) is 3.18. The Morgan fingerprint density at radius 2 is 1.04 bits per heavy atom. The molecule has 7 nitrogen and oxygen atoms in total. The van der Waals surface area contributed by atoms with Gasteiger partial charge in [-0.25, -0.2) is 4.79 Å². The minimum atomic E-state index is -1.02. The van der Waals surface area contributed by atoms with Crippen LogP contribution in [-0.4, -0.2) is 41.6 Å². The van der Waals surface area contributed by atoms with Crippen molar-refractivity contribution in [1.29, 1.82) is 0 Å². The molecule has 0 spiro atoms. The van der Waals surface area contributed by atoms with Gasteiger partial charge in [-0.15, -0.1) is 0 Å². The van der Waals surface area contributed by atoms with E-state index in [4.69, 9.17) is 10.5 Å². The van der Waals surface area contributed by atoms with Gasteiger partial charge in [0.2, 0.25) is 5.91 Å². The average molecular weight is 781 g/mol. The molecule has 0 aromatic carbocycles. The van der Waals surface area contributed by atoms with Crippen LogP contribution in [0.15, 0.2) is 72.9 Å². The van der Waals surface area contributed by atoms with Crippen LogP contribution in [-0.2, 0) is 19.1 Å². The highest BCUT2D eigenvalue weighted by molar-refractivity contribution is 5.83. The smallest absolute Gasteiger partial charge is 0.326 e. The van der Waals surface area contributed by atoms with Crippen LogP contribution in [0.25, 0.3) is 0 Å². The number of carbonyl (C=O) groups is 3. The van der Waals surface area contributed by atoms with Crippen molar-refractivity contribution in [3.8, 4) is 0 Å². The van der Waals surface area contributed by atoms with Crippen LogP contribution < -0.4 is 11.1 Å². The Morgan fingerprint density at radius 3 is 1.59 bits per heavy atom. The lowest BCUT2D eigenvalue weighted by molar-refractivity contribution is -0.147. The Morgan fingerprint density at radius 1 is 0.554 bits per heavy atom. The maximum Gasteiger partial charge on any atom is 0.326 e. The Labute approximate surface area is 343 Å². The topological polar surface area (TPSA) is 119 Å². The molecule has 0 saturated heterocycles. The van der Waals surface area contributed by atoms with Crippen molar-refractivity contribution in [3.05, 3.63) is 72.9 Å². The zero-order valence-electron chi connectivity index (χ0n) is 36.0. The molecule has 0 heterocycles. The van der Waals surface area contributed by atoms with Gasteiger partial charge >= 0.3 is 11.9 Å². The maximum atomic E-state index is 12.7. The molecule has 2 atom stereocenters. The van der Waals surface area contributed by atoms with Crippen molar-refractivity contribution in [3.63, 3.8) is 0 Å². The van der Waals surface area contributed by atoms with Crippen molar-refractivity contribution < 1.29 is 24.2 Å². The molecular formula is C49H84N2O5. The fraction of sp³-hybridized carbons (Fsp3) is 0.694. The zero-order chi connectivity index (χ0) is 41.0. The summed E-state index contributed by atoms with van der Waals surface area (Å²) in [4.78, 5) is 36.3. The number of carboxylic acids is 1. The number of unbranched alkanes of at least 4 members (excludes halogenated alkanes) is 16. The fourth-order valence-corrected chi connectivity index (χ4v) is 6.33.